The van der Waals surface area contributed by atoms with Gasteiger partial charge in [-0.05, 0) is 59.3 Å². The highest BCUT2D eigenvalue weighted by atomic mass is 32.1. The minimum Gasteiger partial charge on any atom is -0.296 e. The van der Waals surface area contributed by atoms with E-state index in [1.165, 1.54) is 10.1 Å². The van der Waals surface area contributed by atoms with Gasteiger partial charge >= 0.3 is 0 Å². The molecular weight excluding hydrogens is 629 g/mol. The Bertz CT molecular complexity index is 2380. The van der Waals surface area contributed by atoms with E-state index in [2.05, 4.69) is 106 Å². The Morgan fingerprint density at radius 2 is 1.48 bits per heavy atom. The van der Waals surface area contributed by atoms with Crippen LogP contribution in [0.25, 0.3) is 32.3 Å². The lowest BCUT2D eigenvalue weighted by atomic mass is 9.87. The molecule has 6 heterocycles. The molecule has 1 aliphatic rings. The van der Waals surface area contributed by atoms with Crippen LogP contribution in [-0.4, -0.2) is 25.6 Å². The minimum atomic E-state index is -1.15. The molecule has 48 heavy (non-hydrogen) atoms. The van der Waals surface area contributed by atoms with Gasteiger partial charge in [0.15, 0.2) is 0 Å². The Morgan fingerprint density at radius 1 is 0.646 bits per heavy atom. The van der Waals surface area contributed by atoms with Gasteiger partial charge in [0.05, 0.1) is 50.0 Å². The number of anilines is 1. The van der Waals surface area contributed by atoms with Crippen LogP contribution in [0.2, 0.25) is 0 Å². The molecule has 0 amide bonds. The zero-order valence-corrected chi connectivity index (χ0v) is 27.1. The molecule has 1 unspecified atom stereocenters. The van der Waals surface area contributed by atoms with Crippen LogP contribution in [-0.2, 0) is 5.66 Å². The van der Waals surface area contributed by atoms with Crippen molar-refractivity contribution in [2.75, 3.05) is 4.90 Å². The van der Waals surface area contributed by atoms with E-state index in [9.17, 15) is 0 Å². The lowest BCUT2D eigenvalue weighted by Gasteiger charge is -2.46. The summed E-state index contributed by atoms with van der Waals surface area (Å²) in [4.78, 5) is 29.1. The molecule has 3 aromatic carbocycles. The minimum absolute atomic E-state index is 0.696. The number of hydrogen-bond donors (Lipinski definition) is 0. The zero-order valence-electron chi connectivity index (χ0n) is 25.5. The van der Waals surface area contributed by atoms with Gasteiger partial charge in [-0.15, -0.1) is 22.7 Å². The molecule has 0 spiro atoms. The Kier molecular flexibility index (Phi) is 6.96. The zero-order chi connectivity index (χ0) is 31.9. The van der Waals surface area contributed by atoms with Crippen molar-refractivity contribution >= 4 is 65.6 Å². The van der Waals surface area contributed by atoms with Crippen LogP contribution < -0.4 is 4.90 Å². The molecule has 9 rings (SSSR count). The second kappa shape index (κ2) is 11.8. The topological polar surface area (TPSA) is 67.2 Å². The predicted molar refractivity (Wildman–Crippen MR) is 197 cm³/mol. The van der Waals surface area contributed by atoms with Crippen molar-refractivity contribution in [1.82, 2.24) is 19.9 Å². The van der Waals surface area contributed by atoms with E-state index in [4.69, 9.17) is 19.9 Å². The van der Waals surface area contributed by atoms with Gasteiger partial charge in [-0.2, -0.15) is 0 Å². The van der Waals surface area contributed by atoms with Gasteiger partial charge in [-0.1, -0.05) is 78.9 Å². The maximum atomic E-state index is 5.85. The van der Waals surface area contributed by atoms with E-state index >= 15 is 0 Å². The van der Waals surface area contributed by atoms with Gasteiger partial charge in [0.25, 0.3) is 0 Å². The SMILES string of the molecule is c1ccc(C2(c3cnccn3)N=C(c3ccc4ccccc4n3)C(c3ccccn3)=C(c3cc4ccccc4s3)N2c2cccs2)cc1. The van der Waals surface area contributed by atoms with Crippen molar-refractivity contribution in [3.63, 3.8) is 0 Å². The first-order valence-corrected chi connectivity index (χ1v) is 17.3. The first-order chi connectivity index (χ1) is 23.8. The number of fused-ring (bicyclic) bond motifs is 2. The Balaban J connectivity index is 1.49. The number of benzene rings is 3. The third kappa shape index (κ3) is 4.65. The van der Waals surface area contributed by atoms with Gasteiger partial charge in [-0.25, -0.2) is 9.98 Å². The van der Waals surface area contributed by atoms with E-state index in [0.717, 1.165) is 54.7 Å². The van der Waals surface area contributed by atoms with E-state index in [1.54, 1.807) is 35.1 Å². The number of hydrogen-bond acceptors (Lipinski definition) is 8. The summed E-state index contributed by atoms with van der Waals surface area (Å²) in [6.45, 7) is 0. The van der Waals surface area contributed by atoms with E-state index in [1.807, 2.05) is 48.8 Å². The van der Waals surface area contributed by atoms with Crippen LogP contribution in [0.1, 0.15) is 27.5 Å². The Labute approximate surface area is 285 Å². The maximum absolute atomic E-state index is 5.85. The molecular formula is C40H26N6S2. The molecule has 0 bridgehead atoms. The number of nitrogens with zero attached hydrogens (tertiary/aromatic N) is 6. The molecule has 6 nitrogen and oxygen atoms in total. The molecule has 228 valence electrons. The number of rotatable bonds is 6. The van der Waals surface area contributed by atoms with Gasteiger partial charge < -0.3 is 0 Å². The van der Waals surface area contributed by atoms with Crippen LogP contribution >= 0.6 is 22.7 Å². The highest BCUT2D eigenvalue weighted by Crippen LogP contribution is 2.53. The molecule has 0 fully saturated rings. The second-order valence-electron chi connectivity index (χ2n) is 11.4. The molecule has 5 aromatic heterocycles. The predicted octanol–water partition coefficient (Wildman–Crippen LogP) is 9.48. The van der Waals surface area contributed by atoms with Crippen molar-refractivity contribution in [1.29, 1.82) is 0 Å². The quantitative estimate of drug-likeness (QED) is 0.179. The molecule has 0 aliphatic carbocycles. The normalized spacial score (nSPS) is 16.4. The smallest absolute Gasteiger partial charge is 0.208 e. The van der Waals surface area contributed by atoms with Crippen LogP contribution in [0.15, 0.2) is 163 Å². The maximum Gasteiger partial charge on any atom is 0.208 e. The summed E-state index contributed by atoms with van der Waals surface area (Å²) in [6, 6.07) is 43.8. The van der Waals surface area contributed by atoms with Gasteiger partial charge in [0.1, 0.15) is 5.69 Å². The third-order valence-corrected chi connectivity index (χ3v) is 10.5. The number of pyridine rings is 2. The average Bonchev–Trinajstić information content (AvgIpc) is 3.86. The lowest BCUT2D eigenvalue weighted by Crippen LogP contribution is -2.49. The van der Waals surface area contributed by atoms with Crippen LogP contribution in [0.5, 0.6) is 0 Å². The summed E-state index contributed by atoms with van der Waals surface area (Å²) in [7, 11) is 0. The molecule has 0 saturated heterocycles. The first kappa shape index (κ1) is 28.4. The fourth-order valence-electron chi connectivity index (χ4n) is 6.45. The number of thiophene rings is 2. The summed E-state index contributed by atoms with van der Waals surface area (Å²) in [6.07, 6.45) is 7.12. The van der Waals surface area contributed by atoms with Crippen LogP contribution in [0.4, 0.5) is 5.00 Å². The molecule has 8 aromatic rings. The van der Waals surface area contributed by atoms with Crippen LogP contribution in [0.3, 0.4) is 0 Å². The Morgan fingerprint density at radius 3 is 2.27 bits per heavy atom. The molecule has 0 saturated carbocycles. The van der Waals surface area contributed by atoms with Gasteiger partial charge in [-0.3, -0.25) is 19.9 Å². The fourth-order valence-corrected chi connectivity index (χ4v) is 8.34. The van der Waals surface area contributed by atoms with Crippen molar-refractivity contribution in [2.24, 2.45) is 4.99 Å². The number of aromatic nitrogens is 4. The number of allylic oxidation sites excluding steroid dienone is 1. The summed E-state index contributed by atoms with van der Waals surface area (Å²) in [5.41, 5.74) is 5.57. The van der Waals surface area contributed by atoms with E-state index in [0.29, 0.717) is 5.69 Å². The lowest BCUT2D eigenvalue weighted by molar-refractivity contribution is 0.535. The molecule has 0 N–H and O–H groups in total. The van der Waals surface area contributed by atoms with Crippen LogP contribution in [0, 0.1) is 0 Å². The van der Waals surface area contributed by atoms with Gasteiger partial charge in [0.2, 0.25) is 5.66 Å². The number of aliphatic imine (C=N–C) groups is 1. The highest BCUT2D eigenvalue weighted by molar-refractivity contribution is 7.20. The summed E-state index contributed by atoms with van der Waals surface area (Å²) in [5.74, 6) is 0. The number of para-hydroxylation sites is 1. The summed E-state index contributed by atoms with van der Waals surface area (Å²) in [5, 5.41) is 5.36. The summed E-state index contributed by atoms with van der Waals surface area (Å²) < 4.78 is 1.20. The van der Waals surface area contributed by atoms with E-state index in [-0.39, 0.29) is 0 Å². The first-order valence-electron chi connectivity index (χ1n) is 15.6. The van der Waals surface area contributed by atoms with Crippen molar-refractivity contribution < 1.29 is 0 Å². The largest absolute Gasteiger partial charge is 0.296 e. The Hall–Kier alpha value is -5.83. The van der Waals surface area contributed by atoms with Crippen molar-refractivity contribution in [2.45, 2.75) is 5.66 Å². The molecule has 0 radical (unpaired) electrons. The summed E-state index contributed by atoms with van der Waals surface area (Å²) >= 11 is 3.43. The standard InChI is InChI=1S/C40H26N6S2/c1-2-13-29(14-3-1)40(35-26-41-22-23-43-35)45-38(32-20-19-27-11-4-6-15-30(27)44-32)37(31-16-8-9-21-42-31)39(46(40)36-18-10-24-47-36)34-25-28-12-5-7-17-33(28)48-34/h1-26H. The second-order valence-corrected chi connectivity index (χ2v) is 13.4. The molecule has 8 heteroatoms. The fraction of sp³-hybridized carbons (Fsp3) is 0.0250. The van der Waals surface area contributed by atoms with Crippen molar-refractivity contribution in [3.05, 3.63) is 185 Å². The average molecular weight is 655 g/mol. The third-order valence-electron chi connectivity index (χ3n) is 8.54. The molecule has 1 aliphatic heterocycles. The van der Waals surface area contributed by atoms with Gasteiger partial charge in [0, 0.05) is 34.2 Å². The highest BCUT2D eigenvalue weighted by Gasteiger charge is 2.50. The van der Waals surface area contributed by atoms with E-state index < -0.39 is 5.66 Å². The van der Waals surface area contributed by atoms with Crippen molar-refractivity contribution in [3.8, 4) is 0 Å². The monoisotopic (exact) mass is 654 g/mol. The molecule has 1 atom stereocenters.